The number of hydrogen-bond acceptors (Lipinski definition) is 1. The second-order valence-corrected chi connectivity index (χ2v) is 5.78. The average Bonchev–Trinajstić information content (AvgIpc) is 2.35. The Hall–Kier alpha value is -1.15. The number of halogens is 1. The number of benzene rings is 1. The van der Waals surface area contributed by atoms with Crippen LogP contribution in [0.2, 0.25) is 0 Å². The van der Waals surface area contributed by atoms with Crippen LogP contribution in [0.3, 0.4) is 0 Å². The van der Waals surface area contributed by atoms with Gasteiger partial charge in [0, 0.05) is 0 Å². The van der Waals surface area contributed by atoms with Gasteiger partial charge < -0.3 is 5.32 Å². The van der Waals surface area contributed by atoms with Crippen LogP contribution in [0.1, 0.15) is 62.6 Å². The highest BCUT2D eigenvalue weighted by Gasteiger charge is 2.17. The molecule has 2 heteroatoms. The minimum atomic E-state index is -0.130. The Morgan fingerprint density at radius 1 is 1.15 bits per heavy atom. The van der Waals surface area contributed by atoms with Gasteiger partial charge in [0.15, 0.2) is 0 Å². The third-order valence-electron chi connectivity index (χ3n) is 4.00. The molecule has 1 atom stereocenters. The lowest BCUT2D eigenvalue weighted by molar-refractivity contribution is 0.549. The first-order chi connectivity index (χ1) is 9.70. The van der Waals surface area contributed by atoms with Crippen molar-refractivity contribution in [3.8, 4) is 0 Å². The molecule has 0 radical (unpaired) electrons. The van der Waals surface area contributed by atoms with Crippen LogP contribution in [0.15, 0.2) is 29.8 Å². The van der Waals surface area contributed by atoms with Crippen molar-refractivity contribution in [2.45, 2.75) is 58.4 Å². The zero-order valence-corrected chi connectivity index (χ0v) is 12.7. The Balaban J connectivity index is 2.28. The number of likely N-dealkylation sites (N-methyl/N-ethyl adjacent to an activating group) is 1. The van der Waals surface area contributed by atoms with Crippen LogP contribution in [0.5, 0.6) is 0 Å². The van der Waals surface area contributed by atoms with Gasteiger partial charge in [-0.2, -0.15) is 0 Å². The molecule has 1 unspecified atom stereocenters. The van der Waals surface area contributed by atoms with Crippen LogP contribution < -0.4 is 5.32 Å². The predicted molar refractivity (Wildman–Crippen MR) is 83.3 cm³/mol. The number of hydrogen-bond donors (Lipinski definition) is 1. The van der Waals surface area contributed by atoms with E-state index in [4.69, 9.17) is 0 Å². The van der Waals surface area contributed by atoms with Crippen LogP contribution in [-0.4, -0.2) is 6.54 Å². The molecule has 1 aromatic carbocycles. The van der Waals surface area contributed by atoms with Crippen LogP contribution in [0.25, 0.3) is 0 Å². The fourth-order valence-electron chi connectivity index (χ4n) is 3.08. The summed E-state index contributed by atoms with van der Waals surface area (Å²) in [5.41, 5.74) is 3.50. The third kappa shape index (κ3) is 4.17. The van der Waals surface area contributed by atoms with E-state index in [9.17, 15) is 4.39 Å². The summed E-state index contributed by atoms with van der Waals surface area (Å²) in [4.78, 5) is 0. The van der Waals surface area contributed by atoms with E-state index in [1.807, 2.05) is 6.92 Å². The summed E-state index contributed by atoms with van der Waals surface area (Å²) < 4.78 is 13.7. The molecular weight excluding hydrogens is 249 g/mol. The van der Waals surface area contributed by atoms with E-state index in [2.05, 4.69) is 24.4 Å². The number of nitrogens with one attached hydrogen (secondary N) is 1. The summed E-state index contributed by atoms with van der Waals surface area (Å²) in [6, 6.07) is 5.56. The van der Waals surface area contributed by atoms with E-state index >= 15 is 0 Å². The van der Waals surface area contributed by atoms with Crippen LogP contribution in [0.4, 0.5) is 4.39 Å². The Labute approximate surface area is 122 Å². The van der Waals surface area contributed by atoms with Crippen LogP contribution >= 0.6 is 0 Å². The lowest BCUT2D eigenvalue weighted by atomic mass is 9.90. The highest BCUT2D eigenvalue weighted by Crippen LogP contribution is 2.29. The predicted octanol–water partition coefficient (Wildman–Crippen LogP) is 5.07. The zero-order chi connectivity index (χ0) is 14.4. The smallest absolute Gasteiger partial charge is 0.123 e. The standard InChI is InChI=1S/C18H26FN/c1-3-20-18(15-9-7-5-4-6-8-10-15)16-11-14(2)12-17(19)13-16/h9,11-13,18,20H,3-8,10H2,1-2H3/b15-9+. The molecule has 0 saturated carbocycles. The van der Waals surface area contributed by atoms with Crippen LogP contribution in [-0.2, 0) is 0 Å². The first kappa shape index (κ1) is 15.2. The summed E-state index contributed by atoms with van der Waals surface area (Å²) in [6.45, 7) is 4.97. The van der Waals surface area contributed by atoms with Gasteiger partial charge in [0.25, 0.3) is 0 Å². The Bertz CT molecular complexity index is 444. The Morgan fingerprint density at radius 2 is 1.95 bits per heavy atom. The number of allylic oxidation sites excluding steroid dienone is 1. The van der Waals surface area contributed by atoms with Crippen molar-refractivity contribution in [3.05, 3.63) is 46.8 Å². The van der Waals surface area contributed by atoms with Gasteiger partial charge in [-0.1, -0.05) is 37.5 Å². The summed E-state index contributed by atoms with van der Waals surface area (Å²) in [5.74, 6) is -0.130. The molecule has 1 N–H and O–H groups in total. The molecule has 110 valence electrons. The normalized spacial score (nSPS) is 20.6. The van der Waals surface area contributed by atoms with Gasteiger partial charge in [0.2, 0.25) is 0 Å². The number of aryl methyl sites for hydroxylation is 1. The summed E-state index contributed by atoms with van der Waals surface area (Å²) in [7, 11) is 0. The van der Waals surface area contributed by atoms with Gasteiger partial charge in [-0.25, -0.2) is 4.39 Å². The average molecular weight is 275 g/mol. The quantitative estimate of drug-likeness (QED) is 0.757. The van der Waals surface area contributed by atoms with Gasteiger partial charge in [-0.3, -0.25) is 0 Å². The lowest BCUT2D eigenvalue weighted by Gasteiger charge is -2.24. The van der Waals surface area contributed by atoms with Gasteiger partial charge in [-0.15, -0.1) is 0 Å². The van der Waals surface area contributed by atoms with Gasteiger partial charge in [-0.05, 0) is 62.4 Å². The summed E-state index contributed by atoms with van der Waals surface area (Å²) in [5, 5.41) is 3.54. The van der Waals surface area contributed by atoms with E-state index in [-0.39, 0.29) is 11.9 Å². The highest BCUT2D eigenvalue weighted by atomic mass is 19.1. The summed E-state index contributed by atoms with van der Waals surface area (Å²) >= 11 is 0. The maximum absolute atomic E-state index is 13.7. The molecule has 0 fully saturated rings. The molecule has 0 spiro atoms. The minimum Gasteiger partial charge on any atom is -0.307 e. The monoisotopic (exact) mass is 275 g/mol. The molecule has 0 aromatic heterocycles. The molecule has 0 aliphatic heterocycles. The van der Waals surface area contributed by atoms with Crippen molar-refractivity contribution < 1.29 is 4.39 Å². The Morgan fingerprint density at radius 3 is 2.70 bits per heavy atom. The number of rotatable bonds is 4. The molecule has 1 aliphatic carbocycles. The van der Waals surface area contributed by atoms with Crippen molar-refractivity contribution in [2.75, 3.05) is 6.54 Å². The van der Waals surface area contributed by atoms with Crippen molar-refractivity contribution in [2.24, 2.45) is 0 Å². The largest absolute Gasteiger partial charge is 0.307 e. The second-order valence-electron chi connectivity index (χ2n) is 5.78. The molecule has 0 amide bonds. The summed E-state index contributed by atoms with van der Waals surface area (Å²) in [6.07, 6.45) is 9.87. The maximum Gasteiger partial charge on any atom is 0.123 e. The van der Waals surface area contributed by atoms with Gasteiger partial charge >= 0.3 is 0 Å². The van der Waals surface area contributed by atoms with Crippen LogP contribution in [0, 0.1) is 12.7 Å². The highest BCUT2D eigenvalue weighted by molar-refractivity contribution is 5.32. The van der Waals surface area contributed by atoms with Gasteiger partial charge in [0.1, 0.15) is 5.82 Å². The van der Waals surface area contributed by atoms with Crippen molar-refractivity contribution in [3.63, 3.8) is 0 Å². The molecule has 1 aromatic rings. The molecule has 1 nitrogen and oxygen atoms in total. The third-order valence-corrected chi connectivity index (χ3v) is 4.00. The molecule has 0 saturated heterocycles. The Kier molecular flexibility index (Phi) is 5.78. The van der Waals surface area contributed by atoms with Crippen molar-refractivity contribution >= 4 is 0 Å². The second kappa shape index (κ2) is 7.58. The minimum absolute atomic E-state index is 0.130. The topological polar surface area (TPSA) is 12.0 Å². The van der Waals surface area contributed by atoms with Crippen molar-refractivity contribution in [1.29, 1.82) is 0 Å². The zero-order valence-electron chi connectivity index (χ0n) is 12.7. The fourth-order valence-corrected chi connectivity index (χ4v) is 3.08. The van der Waals surface area contributed by atoms with E-state index < -0.39 is 0 Å². The molecule has 0 heterocycles. The molecule has 1 aliphatic rings. The molecule has 2 rings (SSSR count). The van der Waals surface area contributed by atoms with Gasteiger partial charge in [0.05, 0.1) is 6.04 Å². The molecular formula is C18H26FN. The molecule has 0 bridgehead atoms. The van der Waals surface area contributed by atoms with E-state index in [1.54, 1.807) is 12.1 Å². The first-order valence-corrected chi connectivity index (χ1v) is 7.90. The first-order valence-electron chi connectivity index (χ1n) is 7.90. The molecule has 20 heavy (non-hydrogen) atoms. The van der Waals surface area contributed by atoms with E-state index in [0.29, 0.717) is 0 Å². The SMILES string of the molecule is CCNC(/C1=C/CCCCCC1)c1cc(C)cc(F)c1. The van der Waals surface area contributed by atoms with E-state index in [0.717, 1.165) is 30.5 Å². The maximum atomic E-state index is 13.7. The van der Waals surface area contributed by atoms with E-state index in [1.165, 1.54) is 31.3 Å². The van der Waals surface area contributed by atoms with Crippen molar-refractivity contribution in [1.82, 2.24) is 5.32 Å². The fraction of sp³-hybridized carbons (Fsp3) is 0.556. The lowest BCUT2D eigenvalue weighted by Crippen LogP contribution is -2.23.